The molecule has 2 aliphatic heterocycles. The minimum absolute atomic E-state index is 0.0363. The van der Waals surface area contributed by atoms with Crippen LogP contribution < -0.4 is 0 Å². The zero-order valence-electron chi connectivity index (χ0n) is 14.0. The largest absolute Gasteiger partial charge is 0.464 e. The minimum atomic E-state index is -0.266. The fraction of sp³-hybridized carbons (Fsp3) is 0.526. The third-order valence-electron chi connectivity index (χ3n) is 4.98. The molecule has 128 valence electrons. The van der Waals surface area contributed by atoms with Crippen LogP contribution in [0.4, 0.5) is 0 Å². The summed E-state index contributed by atoms with van der Waals surface area (Å²) in [4.78, 5) is 14.9. The Balaban J connectivity index is 1.53. The van der Waals surface area contributed by atoms with Crippen LogP contribution in [0.2, 0.25) is 0 Å². The van der Waals surface area contributed by atoms with E-state index >= 15 is 0 Å². The number of aryl methyl sites for hydroxylation is 1. The molecule has 0 radical (unpaired) electrons. The Morgan fingerprint density at radius 1 is 1.25 bits per heavy atom. The van der Waals surface area contributed by atoms with Crippen molar-refractivity contribution in [2.45, 2.75) is 44.9 Å². The Morgan fingerprint density at radius 2 is 2.08 bits per heavy atom. The topological polar surface area (TPSA) is 51.9 Å². The molecule has 0 spiro atoms. The Labute approximate surface area is 141 Å². The van der Waals surface area contributed by atoms with Gasteiger partial charge in [-0.05, 0) is 37.8 Å². The van der Waals surface area contributed by atoms with Gasteiger partial charge in [0.25, 0.3) is 0 Å². The molecule has 0 aliphatic carbocycles. The maximum atomic E-state index is 12.9. The van der Waals surface area contributed by atoms with Crippen molar-refractivity contribution >= 4 is 16.9 Å². The van der Waals surface area contributed by atoms with Crippen molar-refractivity contribution < 1.29 is 18.7 Å². The van der Waals surface area contributed by atoms with E-state index in [0.29, 0.717) is 19.6 Å². The Kier molecular flexibility index (Phi) is 4.29. The van der Waals surface area contributed by atoms with Gasteiger partial charge in [0.15, 0.2) is 6.29 Å². The van der Waals surface area contributed by atoms with Crippen LogP contribution in [0.25, 0.3) is 11.0 Å². The van der Waals surface area contributed by atoms with Crippen LogP contribution in [0, 0.1) is 6.92 Å². The van der Waals surface area contributed by atoms with Crippen LogP contribution in [-0.4, -0.2) is 42.9 Å². The molecule has 1 unspecified atom stereocenters. The van der Waals surface area contributed by atoms with Crippen molar-refractivity contribution in [1.82, 2.24) is 4.90 Å². The summed E-state index contributed by atoms with van der Waals surface area (Å²) in [5.41, 5.74) is 2.95. The van der Waals surface area contributed by atoms with Crippen molar-refractivity contribution in [3.05, 3.63) is 35.6 Å². The molecule has 1 atom stereocenters. The van der Waals surface area contributed by atoms with E-state index in [9.17, 15) is 4.79 Å². The van der Waals surface area contributed by atoms with Crippen LogP contribution in [0.15, 0.2) is 28.9 Å². The lowest BCUT2D eigenvalue weighted by molar-refractivity contribution is -0.149. The third kappa shape index (κ3) is 2.94. The molecule has 1 aromatic carbocycles. The van der Waals surface area contributed by atoms with Crippen LogP contribution in [-0.2, 0) is 20.7 Å². The Hall–Kier alpha value is -1.85. The molecule has 1 amide bonds. The number of nitrogens with zero attached hydrogens (tertiary/aromatic N) is 1. The lowest BCUT2D eigenvalue weighted by Crippen LogP contribution is -2.50. The van der Waals surface area contributed by atoms with E-state index in [2.05, 4.69) is 6.07 Å². The summed E-state index contributed by atoms with van der Waals surface area (Å²) in [5, 5.41) is 1.02. The predicted octanol–water partition coefficient (Wildman–Crippen LogP) is 3.04. The summed E-state index contributed by atoms with van der Waals surface area (Å²) in [7, 11) is 0. The Bertz CT molecular complexity index is 732. The van der Waals surface area contributed by atoms with Crippen molar-refractivity contribution in [3.8, 4) is 0 Å². The Morgan fingerprint density at radius 3 is 2.92 bits per heavy atom. The van der Waals surface area contributed by atoms with Gasteiger partial charge in [-0.15, -0.1) is 0 Å². The molecule has 2 aliphatic rings. The number of benzene rings is 1. The first-order chi connectivity index (χ1) is 11.7. The van der Waals surface area contributed by atoms with Crippen molar-refractivity contribution in [3.63, 3.8) is 0 Å². The van der Waals surface area contributed by atoms with Gasteiger partial charge in [0.1, 0.15) is 5.58 Å². The first kappa shape index (κ1) is 15.7. The van der Waals surface area contributed by atoms with Gasteiger partial charge in [0.2, 0.25) is 5.91 Å². The molecular formula is C19H23NO4. The van der Waals surface area contributed by atoms with Crippen molar-refractivity contribution in [2.24, 2.45) is 0 Å². The average Bonchev–Trinajstić information content (AvgIpc) is 3.25. The molecule has 4 rings (SSSR count). The zero-order chi connectivity index (χ0) is 16.5. The molecule has 0 N–H and O–H groups in total. The predicted molar refractivity (Wildman–Crippen MR) is 89.7 cm³/mol. The molecule has 2 aromatic rings. The molecule has 3 heterocycles. The molecule has 24 heavy (non-hydrogen) atoms. The number of rotatable bonds is 3. The highest BCUT2D eigenvalue weighted by Gasteiger charge is 2.36. The van der Waals surface area contributed by atoms with E-state index in [1.165, 1.54) is 0 Å². The summed E-state index contributed by atoms with van der Waals surface area (Å²) >= 11 is 0. The number of hydrogen-bond acceptors (Lipinski definition) is 4. The maximum Gasteiger partial charge on any atom is 0.227 e. The maximum absolute atomic E-state index is 12.9. The molecule has 0 saturated carbocycles. The molecule has 2 saturated heterocycles. The van der Waals surface area contributed by atoms with Gasteiger partial charge in [0, 0.05) is 17.5 Å². The number of fused-ring (bicyclic) bond motifs is 1. The van der Waals surface area contributed by atoms with E-state index in [-0.39, 0.29) is 18.2 Å². The van der Waals surface area contributed by atoms with Gasteiger partial charge in [-0.2, -0.15) is 0 Å². The summed E-state index contributed by atoms with van der Waals surface area (Å²) in [5.74, 6) is 0.127. The monoisotopic (exact) mass is 329 g/mol. The minimum Gasteiger partial charge on any atom is -0.464 e. The standard InChI is InChI=1S/C19H23NO4/c1-13-5-6-15-14(12-24-17(15)10-13)11-18(21)20-7-3-2-4-16(20)19-22-8-9-23-19/h5-6,10,12,16,19H,2-4,7-9,11H2,1H3. The van der Waals surface area contributed by atoms with Crippen LogP contribution >= 0.6 is 0 Å². The number of hydrogen-bond donors (Lipinski definition) is 0. The van der Waals surface area contributed by atoms with Crippen molar-refractivity contribution in [1.29, 1.82) is 0 Å². The highest BCUT2D eigenvalue weighted by Crippen LogP contribution is 2.27. The van der Waals surface area contributed by atoms with Crippen LogP contribution in [0.1, 0.15) is 30.4 Å². The molecule has 5 nitrogen and oxygen atoms in total. The number of carbonyl (C=O) groups excluding carboxylic acids is 1. The number of likely N-dealkylation sites (tertiary alicyclic amines) is 1. The second-order valence-electron chi connectivity index (χ2n) is 6.70. The summed E-state index contributed by atoms with van der Waals surface area (Å²) in [6, 6.07) is 6.13. The van der Waals surface area contributed by atoms with Gasteiger partial charge < -0.3 is 18.8 Å². The molecule has 5 heteroatoms. The van der Waals surface area contributed by atoms with Gasteiger partial charge in [-0.1, -0.05) is 12.1 Å². The highest BCUT2D eigenvalue weighted by atomic mass is 16.7. The van der Waals surface area contributed by atoms with E-state index in [4.69, 9.17) is 13.9 Å². The van der Waals surface area contributed by atoms with Crippen molar-refractivity contribution in [2.75, 3.05) is 19.8 Å². The quantitative estimate of drug-likeness (QED) is 0.868. The first-order valence-electron chi connectivity index (χ1n) is 8.72. The first-order valence-corrected chi connectivity index (χ1v) is 8.72. The van der Waals surface area contributed by atoms with Crippen LogP contribution in [0.3, 0.4) is 0 Å². The van der Waals surface area contributed by atoms with Gasteiger partial charge in [-0.3, -0.25) is 4.79 Å². The lowest BCUT2D eigenvalue weighted by atomic mass is 10.00. The summed E-state index contributed by atoms with van der Waals surface area (Å²) in [6.07, 6.45) is 4.91. The number of carbonyl (C=O) groups is 1. The second kappa shape index (κ2) is 6.57. The van der Waals surface area contributed by atoms with E-state index < -0.39 is 0 Å². The highest BCUT2D eigenvalue weighted by molar-refractivity contribution is 5.88. The van der Waals surface area contributed by atoms with E-state index in [1.54, 1.807) is 6.26 Å². The van der Waals surface area contributed by atoms with E-state index in [0.717, 1.165) is 47.9 Å². The number of piperidine rings is 1. The fourth-order valence-corrected chi connectivity index (χ4v) is 3.74. The van der Waals surface area contributed by atoms with Gasteiger partial charge in [0.05, 0.1) is 31.9 Å². The van der Waals surface area contributed by atoms with Gasteiger partial charge >= 0.3 is 0 Å². The number of amides is 1. The molecular weight excluding hydrogens is 306 g/mol. The molecule has 2 fully saturated rings. The lowest BCUT2D eigenvalue weighted by Gasteiger charge is -2.38. The SMILES string of the molecule is Cc1ccc2c(CC(=O)N3CCCCC3C3OCCO3)coc2c1. The number of ether oxygens (including phenoxy) is 2. The summed E-state index contributed by atoms with van der Waals surface area (Å²) in [6.45, 7) is 4.05. The van der Waals surface area contributed by atoms with Gasteiger partial charge in [-0.25, -0.2) is 0 Å². The van der Waals surface area contributed by atoms with Crippen LogP contribution in [0.5, 0.6) is 0 Å². The average molecular weight is 329 g/mol. The third-order valence-corrected chi connectivity index (χ3v) is 4.98. The second-order valence-corrected chi connectivity index (χ2v) is 6.70. The zero-order valence-corrected chi connectivity index (χ0v) is 14.0. The normalized spacial score (nSPS) is 22.4. The number of furan rings is 1. The molecule has 0 bridgehead atoms. The smallest absolute Gasteiger partial charge is 0.227 e. The van der Waals surface area contributed by atoms with E-state index in [1.807, 2.05) is 24.0 Å². The molecule has 1 aromatic heterocycles. The summed E-state index contributed by atoms with van der Waals surface area (Å²) < 4.78 is 16.9. The fourth-order valence-electron chi connectivity index (χ4n) is 3.74.